The van der Waals surface area contributed by atoms with Gasteiger partial charge in [0.05, 0.1) is 30.5 Å². The van der Waals surface area contributed by atoms with Gasteiger partial charge < -0.3 is 24.0 Å². The largest absolute Gasteiger partial charge is 0.474 e. The topological polar surface area (TPSA) is 99.1 Å². The predicted molar refractivity (Wildman–Crippen MR) is 181 cm³/mol. The van der Waals surface area contributed by atoms with Crippen LogP contribution in [-0.2, 0) is 13.9 Å². The molecule has 0 radical (unpaired) electrons. The van der Waals surface area contributed by atoms with Gasteiger partial charge in [0.1, 0.15) is 18.5 Å². The molecule has 0 unspecified atom stereocenters. The van der Waals surface area contributed by atoms with Crippen LogP contribution in [0.3, 0.4) is 0 Å². The fourth-order valence-electron chi connectivity index (χ4n) is 5.46. The Morgan fingerprint density at radius 2 is 1.71 bits per heavy atom. The fourth-order valence-corrected chi connectivity index (χ4v) is 6.78. The maximum absolute atomic E-state index is 14.2. The summed E-state index contributed by atoms with van der Waals surface area (Å²) in [5.41, 5.74) is 1.53. The summed E-state index contributed by atoms with van der Waals surface area (Å²) in [7, 11) is 1.07. The highest BCUT2D eigenvalue weighted by molar-refractivity contribution is 6.74. The fraction of sp³-hybridized carbons (Fsp3) is 0.529. The van der Waals surface area contributed by atoms with Gasteiger partial charge >= 0.3 is 6.03 Å². The number of rotatable bonds is 14. The Balaban J connectivity index is 1.57. The number of hydrogen-bond donors (Lipinski definition) is 2. The molecule has 1 fully saturated rings. The van der Waals surface area contributed by atoms with Crippen LogP contribution in [0.4, 0.5) is 23.8 Å². The van der Waals surface area contributed by atoms with Gasteiger partial charge in [0.25, 0.3) is 0 Å². The number of amides is 2. The van der Waals surface area contributed by atoms with E-state index in [-0.39, 0.29) is 23.3 Å². The zero-order valence-electron chi connectivity index (χ0n) is 29.0. The van der Waals surface area contributed by atoms with Crippen LogP contribution < -0.4 is 15.4 Å². The second-order valence-electron chi connectivity index (χ2n) is 13.7. The quantitative estimate of drug-likeness (QED) is 0.152. The number of urea groups is 1. The number of methoxy groups -OCH3 is 2. The van der Waals surface area contributed by atoms with Crippen molar-refractivity contribution in [3.63, 3.8) is 0 Å². The minimum Gasteiger partial charge on any atom is -0.474 e. The molecule has 0 aliphatic carbocycles. The SMILES string of the molecule is COCCN1C[C@@H](NC(=O)Nc2c(C)c(OC[C@H](COC)O[Si](C)(C)C(C)(C)C)nn2-c2ccccc2)[C@H](c2cc(F)c(F)c(F)c2)C1. The van der Waals surface area contributed by atoms with Gasteiger partial charge in [-0.05, 0) is 54.9 Å². The number of carbonyl (C=O) groups is 1. The molecule has 4 rings (SSSR count). The van der Waals surface area contributed by atoms with E-state index in [1.807, 2.05) is 35.2 Å². The summed E-state index contributed by atoms with van der Waals surface area (Å²) in [6.07, 6.45) is -0.335. The van der Waals surface area contributed by atoms with Gasteiger partial charge in [-0.15, -0.1) is 5.10 Å². The molecule has 2 N–H and O–H groups in total. The minimum atomic E-state index is -2.13. The van der Waals surface area contributed by atoms with E-state index in [0.717, 1.165) is 12.1 Å². The van der Waals surface area contributed by atoms with Crippen LogP contribution in [0.5, 0.6) is 5.88 Å². The third kappa shape index (κ3) is 8.97. The van der Waals surface area contributed by atoms with Crippen molar-refractivity contribution in [3.8, 4) is 11.6 Å². The molecule has 1 aliphatic heterocycles. The summed E-state index contributed by atoms with van der Waals surface area (Å²) < 4.78 is 67.3. The third-order valence-electron chi connectivity index (χ3n) is 9.10. The Labute approximate surface area is 282 Å². The number of para-hydroxylation sites is 1. The number of halogens is 3. The van der Waals surface area contributed by atoms with Crippen molar-refractivity contribution in [2.45, 2.75) is 63.9 Å². The first-order chi connectivity index (χ1) is 22.6. The highest BCUT2D eigenvalue weighted by atomic mass is 28.4. The molecule has 1 aliphatic rings. The van der Waals surface area contributed by atoms with Gasteiger partial charge in [-0.2, -0.15) is 0 Å². The predicted octanol–water partition coefficient (Wildman–Crippen LogP) is 6.25. The van der Waals surface area contributed by atoms with E-state index in [2.05, 4.69) is 44.5 Å². The lowest BCUT2D eigenvalue weighted by molar-refractivity contribution is 0.0384. The van der Waals surface area contributed by atoms with Crippen LogP contribution in [0.15, 0.2) is 42.5 Å². The van der Waals surface area contributed by atoms with E-state index in [9.17, 15) is 18.0 Å². The number of anilines is 1. The molecule has 1 saturated heterocycles. The van der Waals surface area contributed by atoms with Crippen LogP contribution in [0, 0.1) is 24.4 Å². The number of aromatic nitrogens is 2. The number of benzene rings is 2. The zero-order valence-corrected chi connectivity index (χ0v) is 30.0. The molecule has 10 nitrogen and oxygen atoms in total. The van der Waals surface area contributed by atoms with Crippen LogP contribution in [0.1, 0.15) is 37.8 Å². The van der Waals surface area contributed by atoms with E-state index < -0.39 is 43.8 Å². The van der Waals surface area contributed by atoms with Crippen molar-refractivity contribution in [3.05, 3.63) is 71.0 Å². The minimum absolute atomic E-state index is 0.00753. The Kier molecular flexibility index (Phi) is 12.3. The molecular formula is C34H48F3N5O5Si. The molecule has 1 aromatic heterocycles. The van der Waals surface area contributed by atoms with Crippen molar-refractivity contribution < 1.29 is 36.6 Å². The standard InChI is InChI=1S/C34H48F3N5O5Si/c1-22-31(39-33(43)38-29-19-41(14-15-44-5)18-26(29)23-16-27(35)30(37)28(36)17-23)42(24-12-10-9-11-13-24)40-32(22)46-21-25(20-45-6)47-48(7,8)34(2,3)4/h9-13,16-17,25-26,29H,14-15,18-21H2,1-8H3,(H2,38,39,43)/t25-,26-,29+/m0/s1. The van der Waals surface area contributed by atoms with E-state index in [1.165, 1.54) is 0 Å². The van der Waals surface area contributed by atoms with E-state index >= 15 is 0 Å². The molecule has 2 heterocycles. The zero-order chi connectivity index (χ0) is 35.2. The molecule has 3 aromatic rings. The van der Waals surface area contributed by atoms with E-state index in [0.29, 0.717) is 55.8 Å². The number of nitrogens with zero attached hydrogens (tertiary/aromatic N) is 3. The maximum atomic E-state index is 14.2. The molecule has 48 heavy (non-hydrogen) atoms. The molecule has 0 spiro atoms. The lowest BCUT2D eigenvalue weighted by Gasteiger charge is -2.39. The van der Waals surface area contributed by atoms with Crippen molar-refractivity contribution in [1.29, 1.82) is 0 Å². The Bertz CT molecular complexity index is 1510. The number of carbonyl (C=O) groups excluding carboxylic acids is 1. The highest BCUT2D eigenvalue weighted by Gasteiger charge is 2.40. The highest BCUT2D eigenvalue weighted by Crippen LogP contribution is 2.38. The van der Waals surface area contributed by atoms with Gasteiger partial charge in [0, 0.05) is 39.8 Å². The van der Waals surface area contributed by atoms with Gasteiger partial charge in [0.2, 0.25) is 5.88 Å². The van der Waals surface area contributed by atoms with Crippen LogP contribution in [0.2, 0.25) is 18.1 Å². The van der Waals surface area contributed by atoms with Crippen molar-refractivity contribution in [2.24, 2.45) is 0 Å². The molecule has 3 atom stereocenters. The molecular weight excluding hydrogens is 643 g/mol. The first-order valence-corrected chi connectivity index (χ1v) is 18.9. The number of hydrogen-bond acceptors (Lipinski definition) is 7. The smallest absolute Gasteiger partial charge is 0.320 e. The summed E-state index contributed by atoms with van der Waals surface area (Å²) in [4.78, 5) is 15.6. The monoisotopic (exact) mass is 691 g/mol. The average Bonchev–Trinajstić information content (AvgIpc) is 3.57. The average molecular weight is 692 g/mol. The Hall–Kier alpha value is -3.43. The van der Waals surface area contributed by atoms with E-state index in [4.69, 9.17) is 23.7 Å². The first-order valence-electron chi connectivity index (χ1n) is 16.0. The number of ether oxygens (including phenoxy) is 3. The van der Waals surface area contributed by atoms with Gasteiger partial charge in [-0.25, -0.2) is 22.6 Å². The Morgan fingerprint density at radius 1 is 1.04 bits per heavy atom. The molecule has 2 amide bonds. The molecule has 2 aromatic carbocycles. The van der Waals surface area contributed by atoms with Gasteiger partial charge in [0.15, 0.2) is 25.8 Å². The van der Waals surface area contributed by atoms with Crippen molar-refractivity contribution >= 4 is 20.2 Å². The lowest BCUT2D eigenvalue weighted by Crippen LogP contribution is -2.46. The van der Waals surface area contributed by atoms with E-state index in [1.54, 1.807) is 25.8 Å². The first kappa shape index (κ1) is 37.4. The summed E-state index contributed by atoms with van der Waals surface area (Å²) >= 11 is 0. The second kappa shape index (κ2) is 15.9. The molecule has 14 heteroatoms. The summed E-state index contributed by atoms with van der Waals surface area (Å²) in [6, 6.07) is 10.2. The molecule has 0 bridgehead atoms. The van der Waals surface area contributed by atoms with Crippen LogP contribution >= 0.6 is 0 Å². The van der Waals surface area contributed by atoms with Crippen LogP contribution in [0.25, 0.3) is 5.69 Å². The summed E-state index contributed by atoms with van der Waals surface area (Å²) in [5.74, 6) is -3.89. The summed E-state index contributed by atoms with van der Waals surface area (Å²) in [5, 5.41) is 10.6. The maximum Gasteiger partial charge on any atom is 0.320 e. The Morgan fingerprint density at radius 3 is 2.31 bits per heavy atom. The third-order valence-corrected chi connectivity index (χ3v) is 13.6. The number of nitrogens with one attached hydrogen (secondary N) is 2. The molecule has 264 valence electrons. The van der Waals surface area contributed by atoms with Crippen LogP contribution in [-0.4, -0.2) is 94.8 Å². The number of likely N-dealkylation sites (tertiary alicyclic amines) is 1. The molecule has 0 saturated carbocycles. The summed E-state index contributed by atoms with van der Waals surface area (Å²) in [6.45, 7) is 14.9. The lowest BCUT2D eigenvalue weighted by atomic mass is 9.94. The van der Waals surface area contributed by atoms with Crippen molar-refractivity contribution in [2.75, 3.05) is 59.0 Å². The van der Waals surface area contributed by atoms with Gasteiger partial charge in [-0.1, -0.05) is 39.0 Å². The second-order valence-corrected chi connectivity index (χ2v) is 18.4. The van der Waals surface area contributed by atoms with Crippen molar-refractivity contribution in [1.82, 2.24) is 20.0 Å². The normalized spacial score (nSPS) is 17.8. The van der Waals surface area contributed by atoms with Gasteiger partial charge in [-0.3, -0.25) is 10.2 Å².